The van der Waals surface area contributed by atoms with Crippen LogP contribution in [0.3, 0.4) is 0 Å². The zero-order chi connectivity index (χ0) is 39.3. The van der Waals surface area contributed by atoms with E-state index in [1.165, 1.54) is 64.2 Å². The SMILES string of the molecule is CCCCCCCCCCOc1ccc(OCCCCCCCCCC)c(-c2nc3cc(C(c4ccc5ocnc5c4)(C(F)(F)F)C(F)(F)F)ccc3o2)c1. The van der Waals surface area contributed by atoms with Gasteiger partial charge >= 0.3 is 12.4 Å². The Morgan fingerprint density at radius 2 is 1.09 bits per heavy atom. The molecule has 0 spiro atoms. The standard InChI is InChI=1S/C43H52F6N2O4/c1-3-5-7-9-11-13-15-17-25-52-33-21-24-37(53-26-18-16-14-12-10-8-6-4-2)34(29-33)40-51-36-28-32(20-23-39(36)55-40)41(42(44,45)46,43(47,48)49)31-19-22-38-35(27-31)50-30-54-38/h19-24,27-30H,3-18,25-26H2,1-2H3. The Labute approximate surface area is 319 Å². The highest BCUT2D eigenvalue weighted by Crippen LogP contribution is 2.57. The van der Waals surface area contributed by atoms with E-state index in [2.05, 4.69) is 23.8 Å². The molecule has 0 radical (unpaired) electrons. The number of halogens is 6. The number of fused-ring (bicyclic) bond motifs is 2. The topological polar surface area (TPSA) is 70.5 Å². The Kier molecular flexibility index (Phi) is 14.9. The summed E-state index contributed by atoms with van der Waals surface area (Å²) in [6, 6.07) is 10.5. The van der Waals surface area contributed by atoms with E-state index in [0.29, 0.717) is 30.3 Å². The van der Waals surface area contributed by atoms with Crippen molar-refractivity contribution in [2.45, 2.75) is 134 Å². The van der Waals surface area contributed by atoms with Crippen LogP contribution in [0.4, 0.5) is 26.3 Å². The maximum absolute atomic E-state index is 15.0. The first kappa shape index (κ1) is 41.9. The van der Waals surface area contributed by atoms with Crippen LogP contribution in [0.2, 0.25) is 0 Å². The van der Waals surface area contributed by atoms with Crippen LogP contribution in [0.15, 0.2) is 69.8 Å². The second-order valence-corrected chi connectivity index (χ2v) is 14.3. The Morgan fingerprint density at radius 1 is 0.564 bits per heavy atom. The minimum absolute atomic E-state index is 0.00997. The quantitative estimate of drug-likeness (QED) is 0.0486. The molecule has 0 aliphatic rings. The second kappa shape index (κ2) is 19.6. The van der Waals surface area contributed by atoms with Crippen LogP contribution in [0.25, 0.3) is 33.7 Å². The number of rotatable bonds is 23. The van der Waals surface area contributed by atoms with Gasteiger partial charge in [0.1, 0.15) is 22.5 Å². The summed E-state index contributed by atoms with van der Waals surface area (Å²) in [5.41, 5.74) is -6.34. The molecule has 0 saturated heterocycles. The van der Waals surface area contributed by atoms with E-state index in [1.807, 2.05) is 0 Å². The molecule has 0 saturated carbocycles. The molecule has 3 aromatic carbocycles. The van der Waals surface area contributed by atoms with Crippen molar-refractivity contribution >= 4 is 22.2 Å². The van der Waals surface area contributed by atoms with E-state index in [9.17, 15) is 26.3 Å². The van der Waals surface area contributed by atoms with E-state index < -0.39 is 28.9 Å². The molecule has 0 amide bonds. The Hall–Kier alpha value is -4.22. The average Bonchev–Trinajstić information content (AvgIpc) is 3.80. The normalized spacial score (nSPS) is 12.6. The van der Waals surface area contributed by atoms with Gasteiger partial charge in [0.25, 0.3) is 0 Å². The van der Waals surface area contributed by atoms with Gasteiger partial charge in [0, 0.05) is 0 Å². The number of benzene rings is 3. The van der Waals surface area contributed by atoms with Crippen LogP contribution in [-0.2, 0) is 5.41 Å². The van der Waals surface area contributed by atoms with Gasteiger partial charge in [-0.15, -0.1) is 0 Å². The molecular weight excluding hydrogens is 722 g/mol. The first-order chi connectivity index (χ1) is 26.5. The number of hydrogen-bond acceptors (Lipinski definition) is 6. The molecule has 6 nitrogen and oxygen atoms in total. The van der Waals surface area contributed by atoms with Crippen molar-refractivity contribution in [2.24, 2.45) is 0 Å². The fourth-order valence-corrected chi connectivity index (χ4v) is 7.08. The molecule has 300 valence electrons. The van der Waals surface area contributed by atoms with Gasteiger partial charge in [0.2, 0.25) is 11.3 Å². The minimum atomic E-state index is -5.79. The molecule has 0 unspecified atom stereocenters. The van der Waals surface area contributed by atoms with Gasteiger partial charge in [-0.3, -0.25) is 0 Å². The molecule has 0 atom stereocenters. The fraction of sp³-hybridized carbons (Fsp3) is 0.535. The van der Waals surface area contributed by atoms with Crippen LogP contribution >= 0.6 is 0 Å². The van der Waals surface area contributed by atoms with Crippen LogP contribution in [-0.4, -0.2) is 35.5 Å². The summed E-state index contributed by atoms with van der Waals surface area (Å²) in [4.78, 5) is 8.23. The zero-order valence-corrected chi connectivity index (χ0v) is 31.8. The molecule has 5 rings (SSSR count). The Bertz CT molecular complexity index is 1900. The van der Waals surface area contributed by atoms with Crippen molar-refractivity contribution in [3.05, 3.63) is 72.1 Å². The lowest BCUT2D eigenvalue weighted by atomic mass is 9.72. The first-order valence-corrected chi connectivity index (χ1v) is 19.8. The molecule has 0 aliphatic carbocycles. The van der Waals surface area contributed by atoms with Gasteiger partial charge in [-0.2, -0.15) is 26.3 Å². The van der Waals surface area contributed by atoms with E-state index in [4.69, 9.17) is 18.3 Å². The number of oxazole rings is 2. The first-order valence-electron chi connectivity index (χ1n) is 19.8. The van der Waals surface area contributed by atoms with Crippen molar-refractivity contribution in [3.8, 4) is 23.0 Å². The summed E-state index contributed by atoms with van der Waals surface area (Å²) >= 11 is 0. The van der Waals surface area contributed by atoms with Gasteiger partial charge < -0.3 is 18.3 Å². The van der Waals surface area contributed by atoms with E-state index in [1.54, 1.807) is 18.2 Å². The minimum Gasteiger partial charge on any atom is -0.494 e. The summed E-state index contributed by atoms with van der Waals surface area (Å²) in [6.07, 6.45) is 7.54. The molecule has 2 aromatic heterocycles. The molecule has 0 N–H and O–H groups in total. The highest BCUT2D eigenvalue weighted by atomic mass is 19.4. The maximum atomic E-state index is 15.0. The Balaban J connectivity index is 1.41. The van der Waals surface area contributed by atoms with Crippen molar-refractivity contribution in [1.82, 2.24) is 9.97 Å². The van der Waals surface area contributed by atoms with Gasteiger partial charge in [-0.1, -0.05) is 116 Å². The molecule has 0 fully saturated rings. The second-order valence-electron chi connectivity index (χ2n) is 14.3. The number of nitrogens with zero attached hydrogens (tertiary/aromatic N) is 2. The van der Waals surface area contributed by atoms with Crippen LogP contribution in [0.5, 0.6) is 11.5 Å². The maximum Gasteiger partial charge on any atom is 0.411 e. The van der Waals surface area contributed by atoms with E-state index >= 15 is 0 Å². The van der Waals surface area contributed by atoms with E-state index in [-0.39, 0.29) is 28.1 Å². The zero-order valence-electron chi connectivity index (χ0n) is 31.8. The summed E-state index contributed by atoms with van der Waals surface area (Å²) < 4.78 is 113. The molecule has 12 heteroatoms. The number of ether oxygens (including phenoxy) is 2. The number of alkyl halides is 6. The van der Waals surface area contributed by atoms with Crippen molar-refractivity contribution in [1.29, 1.82) is 0 Å². The Morgan fingerprint density at radius 3 is 1.67 bits per heavy atom. The van der Waals surface area contributed by atoms with Gasteiger partial charge in [0.05, 0.1) is 18.8 Å². The predicted molar refractivity (Wildman–Crippen MR) is 203 cm³/mol. The van der Waals surface area contributed by atoms with E-state index in [0.717, 1.165) is 81.3 Å². The highest BCUT2D eigenvalue weighted by Gasteiger charge is 2.72. The summed E-state index contributed by atoms with van der Waals surface area (Å²) in [7, 11) is 0. The lowest BCUT2D eigenvalue weighted by Crippen LogP contribution is -2.54. The van der Waals surface area contributed by atoms with Crippen molar-refractivity contribution in [3.63, 3.8) is 0 Å². The van der Waals surface area contributed by atoms with Crippen LogP contribution < -0.4 is 9.47 Å². The third-order valence-electron chi connectivity index (χ3n) is 10.1. The molecule has 2 heterocycles. The summed E-state index contributed by atoms with van der Waals surface area (Å²) in [6.45, 7) is 5.29. The molecule has 0 aliphatic heterocycles. The monoisotopic (exact) mass is 774 g/mol. The van der Waals surface area contributed by atoms with Crippen LogP contribution in [0.1, 0.15) is 128 Å². The van der Waals surface area contributed by atoms with Gasteiger partial charge in [0.15, 0.2) is 17.6 Å². The van der Waals surface area contributed by atoms with Crippen molar-refractivity contribution in [2.75, 3.05) is 13.2 Å². The third-order valence-corrected chi connectivity index (χ3v) is 10.1. The highest BCUT2D eigenvalue weighted by molar-refractivity contribution is 5.80. The molecular formula is C43H52F6N2O4. The number of hydrogen-bond donors (Lipinski definition) is 0. The third kappa shape index (κ3) is 10.4. The fourth-order valence-electron chi connectivity index (χ4n) is 7.08. The molecule has 55 heavy (non-hydrogen) atoms. The average molecular weight is 775 g/mol. The van der Waals surface area contributed by atoms with Crippen molar-refractivity contribution < 1.29 is 44.7 Å². The molecule has 5 aromatic rings. The van der Waals surface area contributed by atoms with Crippen LogP contribution in [0, 0.1) is 0 Å². The summed E-state index contributed by atoms with van der Waals surface area (Å²) in [5.74, 6) is 0.941. The van der Waals surface area contributed by atoms with Gasteiger partial charge in [-0.25, -0.2) is 9.97 Å². The smallest absolute Gasteiger partial charge is 0.411 e. The number of aromatic nitrogens is 2. The lowest BCUT2D eigenvalue weighted by Gasteiger charge is -2.38. The lowest BCUT2D eigenvalue weighted by molar-refractivity contribution is -0.288. The summed E-state index contributed by atoms with van der Waals surface area (Å²) in [5, 5.41) is 0. The predicted octanol–water partition coefficient (Wildman–Crippen LogP) is 14.1. The molecule has 0 bridgehead atoms. The van der Waals surface area contributed by atoms with Gasteiger partial charge in [-0.05, 0) is 66.4 Å². The number of unbranched alkanes of at least 4 members (excludes halogenated alkanes) is 14. The largest absolute Gasteiger partial charge is 0.494 e.